The molecule has 0 saturated heterocycles. The number of allylic oxidation sites excluding steroid dienone is 2. The van der Waals surface area contributed by atoms with Crippen molar-refractivity contribution >= 4 is 17.4 Å². The first-order valence-corrected chi connectivity index (χ1v) is 16.9. The predicted molar refractivity (Wildman–Crippen MR) is 198 cm³/mol. The number of aromatic amines is 1. The van der Waals surface area contributed by atoms with Crippen molar-refractivity contribution < 1.29 is 14.3 Å². The molecule has 5 heteroatoms. The summed E-state index contributed by atoms with van der Waals surface area (Å²) in [5.41, 5.74) is 15.4. The summed E-state index contributed by atoms with van der Waals surface area (Å²) in [4.78, 5) is 21.8. The molecule has 1 aromatic heterocycles. The molecule has 1 aliphatic carbocycles. The predicted octanol–water partition coefficient (Wildman–Crippen LogP) is 11.0. The van der Waals surface area contributed by atoms with Crippen LogP contribution in [0.3, 0.4) is 0 Å². The largest absolute Gasteiger partial charge is 0.493 e. The molecule has 48 heavy (non-hydrogen) atoms. The van der Waals surface area contributed by atoms with Crippen LogP contribution in [0.2, 0.25) is 0 Å². The number of aromatic nitrogens is 2. The molecule has 2 aliphatic heterocycles. The van der Waals surface area contributed by atoms with Gasteiger partial charge in [-0.25, -0.2) is 0 Å². The Morgan fingerprint density at radius 2 is 1.77 bits per heavy atom. The zero-order valence-corrected chi connectivity index (χ0v) is 29.5. The van der Waals surface area contributed by atoms with Gasteiger partial charge in [0.25, 0.3) is 0 Å². The van der Waals surface area contributed by atoms with E-state index in [1.54, 1.807) is 6.92 Å². The molecule has 0 fully saturated rings. The lowest BCUT2D eigenvalue weighted by Gasteiger charge is -2.30. The maximum Gasteiger partial charge on any atom is 0.163 e. The van der Waals surface area contributed by atoms with Crippen molar-refractivity contribution in [2.45, 2.75) is 79.9 Å². The monoisotopic (exact) mass is 638 g/mol. The lowest BCUT2D eigenvalue weighted by molar-refractivity contribution is -0.138. The highest BCUT2D eigenvalue weighted by molar-refractivity contribution is 5.97. The van der Waals surface area contributed by atoms with Crippen LogP contribution in [0, 0.1) is 13.8 Å². The zero-order chi connectivity index (χ0) is 34.3. The third kappa shape index (κ3) is 6.27. The number of ketones is 1. The van der Waals surface area contributed by atoms with Crippen LogP contribution in [0.4, 0.5) is 0 Å². The number of Topliss-reactive ketones (excluding diaryl/α,β-unsaturated/α-hetero) is 1. The molecule has 0 spiro atoms. The van der Waals surface area contributed by atoms with Gasteiger partial charge in [-0.3, -0.25) is 9.78 Å². The summed E-state index contributed by atoms with van der Waals surface area (Å²) in [6, 6.07) is 19.4. The number of hydrogen-bond donors (Lipinski definition) is 1. The number of aryl methyl sites for hydroxylation is 2. The van der Waals surface area contributed by atoms with Gasteiger partial charge in [0.2, 0.25) is 0 Å². The molecule has 0 saturated carbocycles. The van der Waals surface area contributed by atoms with Crippen LogP contribution in [0.5, 0.6) is 5.75 Å². The number of ether oxygens (including phenoxy) is 2. The van der Waals surface area contributed by atoms with E-state index in [0.29, 0.717) is 0 Å². The molecule has 246 valence electrons. The number of fused-ring (bicyclic) bond motifs is 2. The van der Waals surface area contributed by atoms with Gasteiger partial charge in [0, 0.05) is 34.3 Å². The number of H-pyrrole nitrogens is 1. The fraction of sp³-hybridized carbons (Fsp3) is 0.302. The Balaban J connectivity index is 1.56. The van der Waals surface area contributed by atoms with Crippen molar-refractivity contribution in [3.8, 4) is 50.5 Å². The van der Waals surface area contributed by atoms with E-state index in [4.69, 9.17) is 14.5 Å². The maximum atomic E-state index is 13.3. The molecular formula is C43H46N2O3. The van der Waals surface area contributed by atoms with Crippen LogP contribution in [0.1, 0.15) is 87.6 Å². The summed E-state index contributed by atoms with van der Waals surface area (Å²) >= 11 is 0. The van der Waals surface area contributed by atoms with Crippen molar-refractivity contribution in [1.29, 1.82) is 0 Å². The van der Waals surface area contributed by atoms with E-state index in [1.165, 1.54) is 16.7 Å². The highest BCUT2D eigenvalue weighted by Gasteiger charge is 2.33. The fourth-order valence-corrected chi connectivity index (χ4v) is 6.92. The Labute approximate surface area is 285 Å². The van der Waals surface area contributed by atoms with E-state index in [1.807, 2.05) is 33.0 Å². The minimum absolute atomic E-state index is 0.0277. The Hall–Kier alpha value is -4.74. The maximum absolute atomic E-state index is 13.3. The first kappa shape index (κ1) is 33.2. The number of nitrogens with zero attached hydrogens (tertiary/aromatic N) is 1. The molecule has 5 nitrogen and oxygen atoms in total. The average molecular weight is 639 g/mol. The number of hydrogen-bond acceptors (Lipinski definition) is 4. The van der Waals surface area contributed by atoms with Crippen molar-refractivity contribution in [1.82, 2.24) is 9.97 Å². The Morgan fingerprint density at radius 1 is 1.00 bits per heavy atom. The molecule has 2 aromatic carbocycles. The van der Waals surface area contributed by atoms with E-state index < -0.39 is 11.7 Å². The quantitative estimate of drug-likeness (QED) is 0.184. The topological polar surface area (TPSA) is 64.2 Å². The standard InChI is InChI=1S/C43H46N2O3/c1-10-25(3)34-16-14-31(21-29(34)11-2)37-23-30(18-19-44-37)35-24-36-40(33-15-17-38-32(22-33)13-12-20-47-38)39(27(5)45-41(36)26(35)4)42(28(6)46)48-43(7,8)9/h10-11,14-19,21-24,42,45H,2,12-13,20H2,1,3-9H3. The fourth-order valence-electron chi connectivity index (χ4n) is 6.92. The van der Waals surface area contributed by atoms with Gasteiger partial charge in [0.05, 0.1) is 17.9 Å². The van der Waals surface area contributed by atoms with Gasteiger partial charge in [-0.2, -0.15) is 0 Å². The zero-order valence-electron chi connectivity index (χ0n) is 29.5. The second-order valence-corrected chi connectivity index (χ2v) is 13.9. The normalized spacial score (nSPS) is 14.0. The highest BCUT2D eigenvalue weighted by Crippen LogP contribution is 2.48. The summed E-state index contributed by atoms with van der Waals surface area (Å²) in [7, 11) is 0. The smallest absolute Gasteiger partial charge is 0.163 e. The second kappa shape index (κ2) is 13.0. The first-order valence-electron chi connectivity index (χ1n) is 16.9. The van der Waals surface area contributed by atoms with Gasteiger partial charge in [-0.1, -0.05) is 36.9 Å². The molecule has 1 unspecified atom stereocenters. The molecule has 6 rings (SSSR count). The van der Waals surface area contributed by atoms with Crippen LogP contribution in [-0.2, 0) is 16.0 Å². The minimum atomic E-state index is -0.729. The summed E-state index contributed by atoms with van der Waals surface area (Å²) in [5, 5.41) is 0. The number of pyridine rings is 2. The van der Waals surface area contributed by atoms with Crippen molar-refractivity contribution in [2.24, 2.45) is 0 Å². The van der Waals surface area contributed by atoms with Crippen molar-refractivity contribution in [3.63, 3.8) is 0 Å². The number of benzene rings is 2. The molecule has 1 N–H and O–H groups in total. The SMILES string of the molecule is C=Cc1cc(-c2cc(-c3cc4c(-c5ccc6c(c5)CCCO6)c(C(OC(C)(C)C)C(C)=O)c(C)[nH]c-4c3C)ccn2)ccc1C(C)=CC. The lowest BCUT2D eigenvalue weighted by atomic mass is 9.87. The Kier molecular flexibility index (Phi) is 9.02. The van der Waals surface area contributed by atoms with Gasteiger partial charge in [-0.05, 0) is 155 Å². The van der Waals surface area contributed by atoms with Crippen LogP contribution in [-0.4, -0.2) is 28.0 Å². The van der Waals surface area contributed by atoms with E-state index in [-0.39, 0.29) is 5.78 Å². The minimum Gasteiger partial charge on any atom is -0.493 e. The highest BCUT2D eigenvalue weighted by atomic mass is 16.5. The number of nitrogens with one attached hydrogen (secondary N) is 1. The Bertz CT molecular complexity index is 2040. The van der Waals surface area contributed by atoms with Gasteiger partial charge in [0.15, 0.2) is 5.78 Å². The molecule has 0 bridgehead atoms. The van der Waals surface area contributed by atoms with Gasteiger partial charge >= 0.3 is 0 Å². The summed E-state index contributed by atoms with van der Waals surface area (Å²) in [5.74, 6) is 0.911. The van der Waals surface area contributed by atoms with E-state index in [9.17, 15) is 4.79 Å². The van der Waals surface area contributed by atoms with E-state index in [2.05, 4.69) is 99.9 Å². The molecule has 0 amide bonds. The van der Waals surface area contributed by atoms with Crippen molar-refractivity contribution in [3.05, 3.63) is 107 Å². The first-order chi connectivity index (χ1) is 22.9. The molecule has 3 heterocycles. The van der Waals surface area contributed by atoms with Gasteiger partial charge in [-0.15, -0.1) is 0 Å². The third-order valence-electron chi connectivity index (χ3n) is 9.39. The summed E-state index contributed by atoms with van der Waals surface area (Å²) in [6.45, 7) is 20.8. The summed E-state index contributed by atoms with van der Waals surface area (Å²) < 4.78 is 12.5. The number of carbonyl (C=O) groups excluding carboxylic acids is 1. The van der Waals surface area contributed by atoms with Crippen molar-refractivity contribution in [2.75, 3.05) is 6.61 Å². The molecule has 3 aliphatic rings. The van der Waals surface area contributed by atoms with E-state index >= 15 is 0 Å². The summed E-state index contributed by atoms with van der Waals surface area (Å²) in [6.07, 6.45) is 7.13. The van der Waals surface area contributed by atoms with Crippen LogP contribution in [0.25, 0.3) is 56.4 Å². The van der Waals surface area contributed by atoms with Gasteiger partial charge in [0.1, 0.15) is 11.9 Å². The molecule has 0 radical (unpaired) electrons. The van der Waals surface area contributed by atoms with E-state index in [0.717, 1.165) is 92.4 Å². The second-order valence-electron chi connectivity index (χ2n) is 13.9. The van der Waals surface area contributed by atoms with Gasteiger partial charge < -0.3 is 14.5 Å². The Morgan fingerprint density at radius 3 is 2.48 bits per heavy atom. The third-order valence-corrected chi connectivity index (χ3v) is 9.39. The van der Waals surface area contributed by atoms with Crippen LogP contribution in [0.15, 0.2) is 73.4 Å². The molecule has 1 atom stereocenters. The number of rotatable bonds is 8. The lowest BCUT2D eigenvalue weighted by Crippen LogP contribution is -2.27. The average Bonchev–Trinajstić information content (AvgIpc) is 3.40. The molecular weight excluding hydrogens is 592 g/mol. The van der Waals surface area contributed by atoms with Crippen LogP contribution >= 0.6 is 0 Å². The number of carbonyl (C=O) groups is 1. The van der Waals surface area contributed by atoms with Crippen LogP contribution < -0.4 is 4.74 Å². The molecule has 3 aromatic rings.